The summed E-state index contributed by atoms with van der Waals surface area (Å²) in [4.78, 5) is 16.5. The van der Waals surface area contributed by atoms with E-state index in [9.17, 15) is 18.0 Å². The van der Waals surface area contributed by atoms with Gasteiger partial charge in [0.05, 0.1) is 17.6 Å². The van der Waals surface area contributed by atoms with E-state index in [1.807, 2.05) is 0 Å². The zero-order chi connectivity index (χ0) is 20.5. The van der Waals surface area contributed by atoms with E-state index in [4.69, 9.17) is 0 Å². The third kappa shape index (κ3) is 3.64. The molecule has 4 rings (SSSR count). The molecule has 0 bridgehead atoms. The zero-order valence-corrected chi connectivity index (χ0v) is 15.8. The lowest BCUT2D eigenvalue weighted by Crippen LogP contribution is -2.15. The van der Waals surface area contributed by atoms with Crippen LogP contribution in [0.15, 0.2) is 54.7 Å². The Bertz CT molecular complexity index is 1200. The number of hydrogen-bond acceptors (Lipinski definition) is 4. The highest BCUT2D eigenvalue weighted by molar-refractivity contribution is 7.19. The van der Waals surface area contributed by atoms with Gasteiger partial charge in [0.15, 0.2) is 0 Å². The monoisotopic (exact) mass is 414 g/mol. The van der Waals surface area contributed by atoms with Crippen molar-refractivity contribution in [3.05, 3.63) is 77.7 Å². The first kappa shape index (κ1) is 18.9. The molecule has 2 aromatic heterocycles. The van der Waals surface area contributed by atoms with E-state index >= 15 is 0 Å². The minimum absolute atomic E-state index is 0.307. The van der Waals surface area contributed by atoms with Crippen LogP contribution in [0.2, 0.25) is 0 Å². The molecule has 1 N–H and O–H groups in total. The Kier molecular flexibility index (Phi) is 4.89. The van der Waals surface area contributed by atoms with Crippen LogP contribution in [0, 0.1) is 17.5 Å². The highest BCUT2D eigenvalue weighted by atomic mass is 32.1. The number of benzene rings is 2. The van der Waals surface area contributed by atoms with Crippen molar-refractivity contribution >= 4 is 22.2 Å². The number of hydrogen-bond donors (Lipinski definition) is 1. The van der Waals surface area contributed by atoms with Crippen LogP contribution >= 0.6 is 11.3 Å². The maximum atomic E-state index is 14.0. The summed E-state index contributed by atoms with van der Waals surface area (Å²) < 4.78 is 43.1. The molecule has 146 valence electrons. The quantitative estimate of drug-likeness (QED) is 0.518. The average Bonchev–Trinajstić information content (AvgIpc) is 3.28. The van der Waals surface area contributed by atoms with Gasteiger partial charge in [-0.15, -0.1) is 0 Å². The summed E-state index contributed by atoms with van der Waals surface area (Å²) in [6, 6.07) is 11.2. The summed E-state index contributed by atoms with van der Waals surface area (Å²) in [6.07, 6.45) is 1.38. The minimum Gasteiger partial charge on any atom is -0.312 e. The molecule has 2 aromatic carbocycles. The standard InChI is InChI=1S/C20H13F3N4OS/c1-27-16(9-15(26-27)11-5-2-3-6-12(11)21)20-24-10-17(29-20)25-19(28)18-13(22)7-4-8-14(18)23/h2-10H,1H3,(H,25,28). The third-order valence-corrected chi connectivity index (χ3v) is 5.12. The Morgan fingerprint density at radius 2 is 1.72 bits per heavy atom. The summed E-state index contributed by atoms with van der Waals surface area (Å²) in [5.41, 5.74) is 0.736. The van der Waals surface area contributed by atoms with Gasteiger partial charge < -0.3 is 5.32 Å². The second kappa shape index (κ2) is 7.51. The second-order valence-corrected chi connectivity index (χ2v) is 7.13. The fourth-order valence-corrected chi connectivity index (χ4v) is 3.67. The van der Waals surface area contributed by atoms with Gasteiger partial charge in [-0.3, -0.25) is 9.48 Å². The predicted octanol–water partition coefficient (Wildman–Crippen LogP) is 4.88. The van der Waals surface area contributed by atoms with E-state index in [1.54, 1.807) is 36.0 Å². The molecule has 1 amide bonds. The summed E-state index contributed by atoms with van der Waals surface area (Å²) in [6.45, 7) is 0. The van der Waals surface area contributed by atoms with Crippen molar-refractivity contribution in [2.45, 2.75) is 0 Å². The normalized spacial score (nSPS) is 10.9. The lowest BCUT2D eigenvalue weighted by Gasteiger charge is -2.04. The molecule has 2 heterocycles. The lowest BCUT2D eigenvalue weighted by atomic mass is 10.1. The maximum Gasteiger partial charge on any atom is 0.262 e. The van der Waals surface area contributed by atoms with Crippen LogP contribution in [0.25, 0.3) is 22.0 Å². The molecular weight excluding hydrogens is 401 g/mol. The van der Waals surface area contributed by atoms with Crippen LogP contribution < -0.4 is 5.32 Å². The van der Waals surface area contributed by atoms with Crippen molar-refractivity contribution in [2.24, 2.45) is 7.05 Å². The van der Waals surface area contributed by atoms with Gasteiger partial charge in [-0.25, -0.2) is 18.2 Å². The van der Waals surface area contributed by atoms with Crippen LogP contribution in [0.4, 0.5) is 18.2 Å². The van der Waals surface area contributed by atoms with Crippen molar-refractivity contribution in [3.8, 4) is 22.0 Å². The highest BCUT2D eigenvalue weighted by Crippen LogP contribution is 2.32. The SMILES string of the molecule is Cn1nc(-c2ccccc2F)cc1-c1ncc(NC(=O)c2c(F)cccc2F)s1. The van der Waals surface area contributed by atoms with Gasteiger partial charge in [0.1, 0.15) is 33.0 Å². The molecule has 0 fully saturated rings. The lowest BCUT2D eigenvalue weighted by molar-refractivity contribution is 0.101. The Balaban J connectivity index is 1.60. The summed E-state index contributed by atoms with van der Waals surface area (Å²) in [5, 5.41) is 7.57. The van der Waals surface area contributed by atoms with Crippen LogP contribution in [-0.2, 0) is 7.05 Å². The first-order valence-electron chi connectivity index (χ1n) is 8.44. The first-order valence-corrected chi connectivity index (χ1v) is 9.26. The number of amides is 1. The predicted molar refractivity (Wildman–Crippen MR) is 104 cm³/mol. The van der Waals surface area contributed by atoms with Gasteiger partial charge in [-0.05, 0) is 30.3 Å². The van der Waals surface area contributed by atoms with E-state index in [0.29, 0.717) is 27.0 Å². The second-order valence-electron chi connectivity index (χ2n) is 6.10. The topological polar surface area (TPSA) is 59.8 Å². The van der Waals surface area contributed by atoms with Crippen molar-refractivity contribution < 1.29 is 18.0 Å². The summed E-state index contributed by atoms with van der Waals surface area (Å²) >= 11 is 1.11. The number of halogens is 3. The Morgan fingerprint density at radius 1 is 1.03 bits per heavy atom. The highest BCUT2D eigenvalue weighted by Gasteiger charge is 2.19. The van der Waals surface area contributed by atoms with E-state index in [2.05, 4.69) is 15.4 Å². The number of thiazole rings is 1. The minimum atomic E-state index is -0.951. The number of aromatic nitrogens is 3. The van der Waals surface area contributed by atoms with Gasteiger partial charge in [0, 0.05) is 12.6 Å². The van der Waals surface area contributed by atoms with Crippen LogP contribution in [0.5, 0.6) is 0 Å². The van der Waals surface area contributed by atoms with Crippen molar-refractivity contribution in [1.82, 2.24) is 14.8 Å². The molecule has 0 saturated heterocycles. The fraction of sp³-hybridized carbons (Fsp3) is 0.0500. The molecule has 0 atom stereocenters. The summed E-state index contributed by atoms with van der Waals surface area (Å²) in [7, 11) is 1.69. The molecule has 0 aliphatic heterocycles. The van der Waals surface area contributed by atoms with E-state index in [1.165, 1.54) is 18.3 Å². The third-order valence-electron chi connectivity index (χ3n) is 4.18. The van der Waals surface area contributed by atoms with Gasteiger partial charge in [-0.2, -0.15) is 5.10 Å². The number of nitrogens with one attached hydrogen (secondary N) is 1. The van der Waals surface area contributed by atoms with Crippen LogP contribution in [-0.4, -0.2) is 20.7 Å². The molecule has 0 saturated carbocycles. The fourth-order valence-electron chi connectivity index (χ4n) is 2.81. The van der Waals surface area contributed by atoms with Crippen LogP contribution in [0.3, 0.4) is 0 Å². The molecule has 0 spiro atoms. The molecule has 29 heavy (non-hydrogen) atoms. The molecule has 0 aliphatic carbocycles. The van der Waals surface area contributed by atoms with E-state index in [-0.39, 0.29) is 0 Å². The zero-order valence-electron chi connectivity index (χ0n) is 15.0. The number of rotatable bonds is 4. The van der Waals surface area contributed by atoms with Crippen molar-refractivity contribution in [2.75, 3.05) is 5.32 Å². The van der Waals surface area contributed by atoms with E-state index in [0.717, 1.165) is 23.5 Å². The Morgan fingerprint density at radius 3 is 2.45 bits per heavy atom. The van der Waals surface area contributed by atoms with Crippen LogP contribution in [0.1, 0.15) is 10.4 Å². The average molecular weight is 414 g/mol. The largest absolute Gasteiger partial charge is 0.312 e. The van der Waals surface area contributed by atoms with E-state index < -0.39 is 28.9 Å². The smallest absolute Gasteiger partial charge is 0.262 e. The molecule has 4 aromatic rings. The van der Waals surface area contributed by atoms with Gasteiger partial charge >= 0.3 is 0 Å². The Hall–Kier alpha value is -3.46. The van der Waals surface area contributed by atoms with Gasteiger partial charge in [-0.1, -0.05) is 29.5 Å². The number of carbonyl (C=O) groups is 1. The molecular formula is C20H13F3N4OS. The Labute approximate surface area is 167 Å². The van der Waals surface area contributed by atoms with Gasteiger partial charge in [0.25, 0.3) is 5.91 Å². The molecule has 5 nitrogen and oxygen atoms in total. The molecule has 0 aliphatic rings. The van der Waals surface area contributed by atoms with Crippen molar-refractivity contribution in [3.63, 3.8) is 0 Å². The summed E-state index contributed by atoms with van der Waals surface area (Å²) in [5.74, 6) is -3.20. The van der Waals surface area contributed by atoms with Gasteiger partial charge in [0.2, 0.25) is 0 Å². The number of nitrogens with zero attached hydrogens (tertiary/aromatic N) is 3. The molecule has 0 unspecified atom stereocenters. The maximum absolute atomic E-state index is 14.0. The number of anilines is 1. The molecule has 0 radical (unpaired) electrons. The first-order chi connectivity index (χ1) is 13.9. The van der Waals surface area contributed by atoms with Crippen molar-refractivity contribution in [1.29, 1.82) is 0 Å². The number of carbonyl (C=O) groups excluding carboxylic acids is 1. The number of aryl methyl sites for hydroxylation is 1. The molecule has 9 heteroatoms.